The molecule has 0 aliphatic heterocycles. The van der Waals surface area contributed by atoms with Gasteiger partial charge in [-0.2, -0.15) is 5.10 Å². The van der Waals surface area contributed by atoms with Crippen LogP contribution in [-0.2, 0) is 16.1 Å². The molecule has 8 heteroatoms. The zero-order chi connectivity index (χ0) is 17.5. The highest BCUT2D eigenvalue weighted by Crippen LogP contribution is 2.20. The van der Waals surface area contributed by atoms with Gasteiger partial charge in [-0.25, -0.2) is 5.43 Å². The van der Waals surface area contributed by atoms with Crippen LogP contribution in [0.25, 0.3) is 0 Å². The molecule has 3 N–H and O–H groups in total. The number of amides is 2. The van der Waals surface area contributed by atoms with Crippen LogP contribution in [0.5, 0.6) is 5.75 Å². The molecule has 0 atom stereocenters. The Bertz CT molecular complexity index is 794. The average molecular weight is 366 g/mol. The summed E-state index contributed by atoms with van der Waals surface area (Å²) in [7, 11) is 0. The van der Waals surface area contributed by atoms with Crippen LogP contribution in [0.1, 0.15) is 11.1 Å². The van der Waals surface area contributed by atoms with Crippen LogP contribution in [0.3, 0.4) is 0 Å². The second-order valence-electron chi connectivity index (χ2n) is 4.68. The fourth-order valence-electron chi connectivity index (χ4n) is 1.73. The molecule has 2 aromatic carbocycles. The van der Waals surface area contributed by atoms with Crippen molar-refractivity contribution in [3.8, 4) is 5.75 Å². The minimum Gasteiger partial charge on any atom is -0.507 e. The summed E-state index contributed by atoms with van der Waals surface area (Å²) < 4.78 is 0. The number of carbonyl (C=O) groups excluding carboxylic acids is 2. The number of rotatable bonds is 4. The second kappa shape index (κ2) is 8.33. The molecule has 24 heavy (non-hydrogen) atoms. The van der Waals surface area contributed by atoms with Crippen molar-refractivity contribution in [3.05, 3.63) is 63.6 Å². The van der Waals surface area contributed by atoms with Crippen molar-refractivity contribution < 1.29 is 14.7 Å². The topological polar surface area (TPSA) is 90.8 Å². The van der Waals surface area contributed by atoms with Gasteiger partial charge in [-0.05, 0) is 29.8 Å². The summed E-state index contributed by atoms with van der Waals surface area (Å²) >= 11 is 11.8. The van der Waals surface area contributed by atoms with E-state index in [0.717, 1.165) is 0 Å². The summed E-state index contributed by atoms with van der Waals surface area (Å²) in [4.78, 5) is 23.3. The van der Waals surface area contributed by atoms with Crippen LogP contribution in [0.4, 0.5) is 0 Å². The highest BCUT2D eigenvalue weighted by atomic mass is 35.5. The maximum Gasteiger partial charge on any atom is 0.329 e. The van der Waals surface area contributed by atoms with Gasteiger partial charge in [-0.15, -0.1) is 0 Å². The lowest BCUT2D eigenvalue weighted by Gasteiger charge is -2.06. The first-order chi connectivity index (χ1) is 11.5. The number of hydrogen-bond acceptors (Lipinski definition) is 4. The predicted molar refractivity (Wildman–Crippen MR) is 92.2 cm³/mol. The lowest BCUT2D eigenvalue weighted by molar-refractivity contribution is -0.139. The van der Waals surface area contributed by atoms with Gasteiger partial charge in [-0.3, -0.25) is 9.59 Å². The number of nitrogens with zero attached hydrogens (tertiary/aromatic N) is 1. The van der Waals surface area contributed by atoms with Crippen molar-refractivity contribution in [2.75, 3.05) is 0 Å². The van der Waals surface area contributed by atoms with Gasteiger partial charge in [0.25, 0.3) is 0 Å². The van der Waals surface area contributed by atoms with Crippen molar-refractivity contribution in [1.82, 2.24) is 10.7 Å². The minimum atomic E-state index is -0.938. The van der Waals surface area contributed by atoms with E-state index in [9.17, 15) is 14.7 Å². The third-order valence-electron chi connectivity index (χ3n) is 2.97. The Labute approximate surface area is 148 Å². The zero-order valence-corrected chi connectivity index (χ0v) is 13.8. The van der Waals surface area contributed by atoms with Crippen LogP contribution >= 0.6 is 23.2 Å². The molecule has 0 saturated carbocycles. The van der Waals surface area contributed by atoms with E-state index < -0.39 is 11.8 Å². The standard InChI is InChI=1S/C16H13Cl2N3O3/c17-12-6-5-10(13(18)7-12)8-19-15(23)16(24)21-20-9-11-3-1-2-4-14(11)22/h1-7,9,22H,8H2,(H,19,23)(H,21,24)/b20-9-. The summed E-state index contributed by atoms with van der Waals surface area (Å²) in [6, 6.07) is 11.3. The second-order valence-corrected chi connectivity index (χ2v) is 5.52. The van der Waals surface area contributed by atoms with E-state index in [1.165, 1.54) is 12.3 Å². The molecule has 0 unspecified atom stereocenters. The highest BCUT2D eigenvalue weighted by Gasteiger charge is 2.13. The Morgan fingerprint density at radius 1 is 1.12 bits per heavy atom. The number of hydrazone groups is 1. The Balaban J connectivity index is 1.86. The van der Waals surface area contributed by atoms with Crippen LogP contribution in [0, 0.1) is 0 Å². The number of benzene rings is 2. The third-order valence-corrected chi connectivity index (χ3v) is 3.55. The van der Waals surface area contributed by atoms with Gasteiger partial charge in [-0.1, -0.05) is 41.4 Å². The van der Waals surface area contributed by atoms with Crippen molar-refractivity contribution in [2.24, 2.45) is 5.10 Å². The van der Waals surface area contributed by atoms with Crippen LogP contribution in [-0.4, -0.2) is 23.1 Å². The molecule has 0 saturated heterocycles. The van der Waals surface area contributed by atoms with Crippen molar-refractivity contribution in [3.63, 3.8) is 0 Å². The van der Waals surface area contributed by atoms with Gasteiger partial charge in [0.2, 0.25) is 0 Å². The molecule has 2 aromatic rings. The Hall–Kier alpha value is -2.57. The molecule has 2 amide bonds. The molecule has 0 bridgehead atoms. The van der Waals surface area contributed by atoms with Crippen molar-refractivity contribution >= 4 is 41.2 Å². The molecular formula is C16H13Cl2N3O3. The first-order valence-electron chi connectivity index (χ1n) is 6.80. The van der Waals surface area contributed by atoms with Crippen LogP contribution < -0.4 is 10.7 Å². The molecule has 6 nitrogen and oxygen atoms in total. The number of halogens is 2. The van der Waals surface area contributed by atoms with Gasteiger partial charge in [0.15, 0.2) is 0 Å². The molecular weight excluding hydrogens is 353 g/mol. The SMILES string of the molecule is O=C(NCc1ccc(Cl)cc1Cl)C(=O)N/N=C\c1ccccc1O. The van der Waals surface area contributed by atoms with Crippen LogP contribution in [0.2, 0.25) is 10.0 Å². The first-order valence-corrected chi connectivity index (χ1v) is 7.56. The molecule has 0 aliphatic carbocycles. The van der Waals surface area contributed by atoms with Crippen molar-refractivity contribution in [2.45, 2.75) is 6.54 Å². The summed E-state index contributed by atoms with van der Waals surface area (Å²) in [6.07, 6.45) is 1.23. The number of carbonyl (C=O) groups is 2. The number of nitrogens with one attached hydrogen (secondary N) is 2. The summed E-state index contributed by atoms with van der Waals surface area (Å²) in [5, 5.41) is 16.4. The molecule has 0 heterocycles. The number of hydrogen-bond donors (Lipinski definition) is 3. The largest absolute Gasteiger partial charge is 0.507 e. The maximum atomic E-state index is 11.7. The molecule has 2 rings (SSSR count). The van der Waals surface area contributed by atoms with E-state index in [4.69, 9.17) is 23.2 Å². The number of phenolic OH excluding ortho intramolecular Hbond substituents is 1. The smallest absolute Gasteiger partial charge is 0.329 e. The molecule has 0 radical (unpaired) electrons. The van der Waals surface area contributed by atoms with E-state index in [1.807, 2.05) is 0 Å². The molecule has 0 aliphatic rings. The predicted octanol–water partition coefficient (Wildman–Crippen LogP) is 2.47. The number of para-hydroxylation sites is 1. The first kappa shape index (κ1) is 17.8. The Morgan fingerprint density at radius 3 is 2.58 bits per heavy atom. The summed E-state index contributed by atoms with van der Waals surface area (Å²) in [6.45, 7) is 0.0748. The quantitative estimate of drug-likeness (QED) is 0.441. The minimum absolute atomic E-state index is 0.0114. The monoisotopic (exact) mass is 365 g/mol. The average Bonchev–Trinajstić information content (AvgIpc) is 2.55. The molecule has 0 spiro atoms. The fraction of sp³-hybridized carbons (Fsp3) is 0.0625. The zero-order valence-electron chi connectivity index (χ0n) is 12.3. The maximum absolute atomic E-state index is 11.7. The van der Waals surface area contributed by atoms with Crippen molar-refractivity contribution in [1.29, 1.82) is 0 Å². The lowest BCUT2D eigenvalue weighted by atomic mass is 10.2. The van der Waals surface area contributed by atoms with Gasteiger partial charge in [0.1, 0.15) is 5.75 Å². The fourth-order valence-corrected chi connectivity index (χ4v) is 2.20. The van der Waals surface area contributed by atoms with E-state index >= 15 is 0 Å². The number of aromatic hydroxyl groups is 1. The third kappa shape index (κ3) is 4.97. The van der Waals surface area contributed by atoms with Crippen LogP contribution in [0.15, 0.2) is 47.6 Å². The molecule has 124 valence electrons. The van der Waals surface area contributed by atoms with Gasteiger partial charge >= 0.3 is 11.8 Å². The lowest BCUT2D eigenvalue weighted by Crippen LogP contribution is -2.37. The molecule has 0 aromatic heterocycles. The van der Waals surface area contributed by atoms with Gasteiger partial charge in [0.05, 0.1) is 6.21 Å². The summed E-state index contributed by atoms with van der Waals surface area (Å²) in [5.74, 6) is -1.79. The van der Waals surface area contributed by atoms with E-state index in [0.29, 0.717) is 21.2 Å². The Kier molecular flexibility index (Phi) is 6.17. The van der Waals surface area contributed by atoms with Gasteiger partial charge < -0.3 is 10.4 Å². The highest BCUT2D eigenvalue weighted by molar-refractivity contribution is 6.36. The summed E-state index contributed by atoms with van der Waals surface area (Å²) in [5.41, 5.74) is 3.10. The normalized spacial score (nSPS) is 10.6. The Morgan fingerprint density at radius 2 is 1.88 bits per heavy atom. The van der Waals surface area contributed by atoms with E-state index in [-0.39, 0.29) is 12.3 Å². The van der Waals surface area contributed by atoms with E-state index in [1.54, 1.807) is 36.4 Å². The number of phenols is 1. The molecule has 0 fully saturated rings. The van der Waals surface area contributed by atoms with E-state index in [2.05, 4.69) is 15.8 Å². The van der Waals surface area contributed by atoms with Gasteiger partial charge in [0, 0.05) is 22.2 Å².